The van der Waals surface area contributed by atoms with Crippen molar-refractivity contribution in [3.05, 3.63) is 57.8 Å². The molecule has 0 radical (unpaired) electrons. The fourth-order valence-electron chi connectivity index (χ4n) is 2.61. The maximum absolute atomic E-state index is 11.9. The highest BCUT2D eigenvalue weighted by Gasteiger charge is 2.07. The normalized spacial score (nSPS) is 12.0. The number of aliphatic imine (C=N–C) groups is 1. The lowest BCUT2D eigenvalue weighted by molar-refractivity contribution is 0.0955. The van der Waals surface area contributed by atoms with E-state index in [4.69, 9.17) is 0 Å². The molecule has 1 amide bonds. The van der Waals surface area contributed by atoms with Gasteiger partial charge in [-0.25, -0.2) is 0 Å². The van der Waals surface area contributed by atoms with Gasteiger partial charge in [0.05, 0.1) is 0 Å². The number of carbonyl (C=O) groups excluding carboxylic acids is 1. The van der Waals surface area contributed by atoms with Crippen molar-refractivity contribution in [2.45, 2.75) is 26.8 Å². The average Bonchev–Trinajstić information content (AvgIpc) is 3.15. The van der Waals surface area contributed by atoms with Crippen LogP contribution in [0.4, 0.5) is 0 Å². The second-order valence-corrected chi connectivity index (χ2v) is 7.29. The van der Waals surface area contributed by atoms with E-state index in [1.165, 1.54) is 4.88 Å². The van der Waals surface area contributed by atoms with Crippen LogP contribution in [0, 0.1) is 5.92 Å². The van der Waals surface area contributed by atoms with Crippen molar-refractivity contribution in [3.63, 3.8) is 0 Å². The first kappa shape index (κ1) is 23.4. The van der Waals surface area contributed by atoms with Crippen molar-refractivity contribution in [1.82, 2.24) is 16.0 Å². The molecule has 0 aliphatic carbocycles. The Balaban J connectivity index is 0.00000364. The number of amides is 1. The van der Waals surface area contributed by atoms with Crippen LogP contribution in [0.25, 0.3) is 0 Å². The van der Waals surface area contributed by atoms with E-state index in [1.807, 2.05) is 31.2 Å². The Morgan fingerprint density at radius 3 is 2.67 bits per heavy atom. The summed E-state index contributed by atoms with van der Waals surface area (Å²) in [6.07, 6.45) is 1.07. The number of rotatable bonds is 8. The molecule has 7 heteroatoms. The largest absolute Gasteiger partial charge is 0.356 e. The minimum absolute atomic E-state index is 0. The van der Waals surface area contributed by atoms with Gasteiger partial charge in [-0.1, -0.05) is 25.1 Å². The van der Waals surface area contributed by atoms with Crippen molar-refractivity contribution >= 4 is 47.2 Å². The fraction of sp³-hybridized carbons (Fsp3) is 0.400. The minimum atomic E-state index is -0.0424. The van der Waals surface area contributed by atoms with Crippen LogP contribution >= 0.6 is 35.3 Å². The third-order valence-corrected chi connectivity index (χ3v) is 4.86. The Bertz CT molecular complexity index is 719. The maximum atomic E-state index is 11.9. The zero-order valence-electron chi connectivity index (χ0n) is 16.1. The van der Waals surface area contributed by atoms with Crippen LogP contribution in [-0.4, -0.2) is 32.0 Å². The number of thiophene rings is 1. The lowest BCUT2D eigenvalue weighted by atomic mass is 10.1. The highest BCUT2D eigenvalue weighted by molar-refractivity contribution is 14.0. The van der Waals surface area contributed by atoms with Gasteiger partial charge in [0.1, 0.15) is 0 Å². The topological polar surface area (TPSA) is 65.5 Å². The van der Waals surface area contributed by atoms with Crippen molar-refractivity contribution in [3.8, 4) is 0 Å². The number of hydrogen-bond donors (Lipinski definition) is 3. The molecular weight excluding hydrogens is 471 g/mol. The second-order valence-electron chi connectivity index (χ2n) is 6.26. The summed E-state index contributed by atoms with van der Waals surface area (Å²) in [7, 11) is 1.77. The molecular formula is C20H29IN4OS. The van der Waals surface area contributed by atoms with Crippen LogP contribution in [0.3, 0.4) is 0 Å². The number of nitrogens with zero attached hydrogens (tertiary/aromatic N) is 1. The Morgan fingerprint density at radius 2 is 2.00 bits per heavy atom. The van der Waals surface area contributed by atoms with Crippen LogP contribution in [0.2, 0.25) is 0 Å². The SMILES string of the molecule is CCNC(=O)c1cccc(CNC(=NC)NCC(C)Cc2cccs2)c1.I. The van der Waals surface area contributed by atoms with E-state index < -0.39 is 0 Å². The summed E-state index contributed by atoms with van der Waals surface area (Å²) < 4.78 is 0. The van der Waals surface area contributed by atoms with E-state index in [0.717, 1.165) is 24.5 Å². The van der Waals surface area contributed by atoms with Crippen molar-refractivity contribution in [2.75, 3.05) is 20.1 Å². The predicted molar refractivity (Wildman–Crippen MR) is 125 cm³/mol. The first-order valence-electron chi connectivity index (χ1n) is 8.96. The van der Waals surface area contributed by atoms with Gasteiger partial charge in [-0.2, -0.15) is 0 Å². The van der Waals surface area contributed by atoms with Crippen LogP contribution in [0.15, 0.2) is 46.8 Å². The molecule has 1 aromatic heterocycles. The maximum Gasteiger partial charge on any atom is 0.251 e. The van der Waals surface area contributed by atoms with Crippen LogP contribution in [0.1, 0.15) is 34.6 Å². The lowest BCUT2D eigenvalue weighted by Gasteiger charge is -2.16. The number of hydrogen-bond acceptors (Lipinski definition) is 3. The average molecular weight is 500 g/mol. The summed E-state index contributed by atoms with van der Waals surface area (Å²) in [5.74, 6) is 1.25. The molecule has 5 nitrogen and oxygen atoms in total. The lowest BCUT2D eigenvalue weighted by Crippen LogP contribution is -2.39. The smallest absolute Gasteiger partial charge is 0.251 e. The summed E-state index contributed by atoms with van der Waals surface area (Å²) >= 11 is 1.80. The van der Waals surface area contributed by atoms with Gasteiger partial charge < -0.3 is 16.0 Å². The molecule has 0 saturated heterocycles. The molecule has 1 heterocycles. The summed E-state index contributed by atoms with van der Waals surface area (Å²) in [5.41, 5.74) is 1.72. The molecule has 0 aliphatic heterocycles. The molecule has 0 fully saturated rings. The van der Waals surface area contributed by atoms with Gasteiger partial charge in [-0.15, -0.1) is 35.3 Å². The van der Waals surface area contributed by atoms with E-state index in [-0.39, 0.29) is 29.9 Å². The molecule has 148 valence electrons. The van der Waals surface area contributed by atoms with E-state index in [1.54, 1.807) is 18.4 Å². The fourth-order valence-corrected chi connectivity index (χ4v) is 3.48. The van der Waals surface area contributed by atoms with Crippen molar-refractivity contribution < 1.29 is 4.79 Å². The highest BCUT2D eigenvalue weighted by Crippen LogP contribution is 2.13. The molecule has 1 unspecified atom stereocenters. The van der Waals surface area contributed by atoms with Crippen LogP contribution in [0.5, 0.6) is 0 Å². The van der Waals surface area contributed by atoms with Crippen molar-refractivity contribution in [1.29, 1.82) is 0 Å². The Kier molecular flexibility index (Phi) is 11.0. The molecule has 0 aliphatic rings. The van der Waals surface area contributed by atoms with Gasteiger partial charge in [0.25, 0.3) is 5.91 Å². The molecule has 2 rings (SSSR count). The zero-order valence-corrected chi connectivity index (χ0v) is 19.3. The molecule has 2 aromatic rings. The Labute approximate surface area is 183 Å². The molecule has 0 spiro atoms. The minimum Gasteiger partial charge on any atom is -0.356 e. The van der Waals surface area contributed by atoms with Gasteiger partial charge in [0.15, 0.2) is 5.96 Å². The number of carbonyl (C=O) groups is 1. The first-order chi connectivity index (χ1) is 12.6. The Morgan fingerprint density at radius 1 is 1.19 bits per heavy atom. The predicted octanol–water partition coefficient (Wildman–Crippen LogP) is 3.66. The molecule has 1 atom stereocenters. The standard InChI is InChI=1S/C20H28N4OS.HI/c1-4-22-19(25)17-8-5-7-16(12-17)14-24-20(21-3)23-13-15(2)11-18-9-6-10-26-18;/h5-10,12,15H,4,11,13-14H2,1-3H3,(H,22,25)(H2,21,23,24);1H. The van der Waals surface area contributed by atoms with E-state index >= 15 is 0 Å². The molecule has 27 heavy (non-hydrogen) atoms. The van der Waals surface area contributed by atoms with Crippen LogP contribution in [-0.2, 0) is 13.0 Å². The molecule has 0 saturated carbocycles. The van der Waals surface area contributed by atoms with Gasteiger partial charge in [-0.3, -0.25) is 9.79 Å². The summed E-state index contributed by atoms with van der Waals surface area (Å²) in [4.78, 5) is 17.6. The molecule has 0 bridgehead atoms. The van der Waals surface area contributed by atoms with Gasteiger partial charge in [-0.05, 0) is 48.4 Å². The molecule has 3 N–H and O–H groups in total. The van der Waals surface area contributed by atoms with Crippen LogP contribution < -0.4 is 16.0 Å². The monoisotopic (exact) mass is 500 g/mol. The number of benzene rings is 1. The third-order valence-electron chi connectivity index (χ3n) is 3.96. The van der Waals surface area contributed by atoms with Gasteiger partial charge in [0, 0.05) is 37.1 Å². The number of halogens is 1. The summed E-state index contributed by atoms with van der Waals surface area (Å²) in [5, 5.41) is 11.6. The quantitative estimate of drug-likeness (QED) is 0.295. The van der Waals surface area contributed by atoms with E-state index in [2.05, 4.69) is 45.4 Å². The molecule has 1 aromatic carbocycles. The van der Waals surface area contributed by atoms with E-state index in [0.29, 0.717) is 24.6 Å². The third kappa shape index (κ3) is 8.30. The zero-order chi connectivity index (χ0) is 18.8. The first-order valence-corrected chi connectivity index (χ1v) is 9.84. The van der Waals surface area contributed by atoms with Gasteiger partial charge >= 0.3 is 0 Å². The summed E-state index contributed by atoms with van der Waals surface area (Å²) in [6.45, 7) is 6.25. The van der Waals surface area contributed by atoms with Gasteiger partial charge in [0.2, 0.25) is 0 Å². The van der Waals surface area contributed by atoms with E-state index in [9.17, 15) is 4.79 Å². The summed E-state index contributed by atoms with van der Waals surface area (Å²) in [6, 6.07) is 11.9. The highest BCUT2D eigenvalue weighted by atomic mass is 127. The number of guanidine groups is 1. The second kappa shape index (κ2) is 12.7. The van der Waals surface area contributed by atoms with Crippen molar-refractivity contribution in [2.24, 2.45) is 10.9 Å². The Hall–Kier alpha value is -1.61. The number of nitrogens with one attached hydrogen (secondary N) is 3.